The number of carbonyl (C=O) groups is 1. The SMILES string of the molecule is COc1ccc(C(NCCc2cccnc2)C(=O)NCCc2cccnc2)cc1OC. The molecule has 3 aromatic rings. The first-order chi connectivity index (χ1) is 15.2. The number of methoxy groups -OCH3 is 2. The molecule has 1 aromatic carbocycles. The third kappa shape index (κ3) is 6.52. The topological polar surface area (TPSA) is 85.4 Å². The van der Waals surface area contributed by atoms with Gasteiger partial charge in [-0.1, -0.05) is 18.2 Å². The van der Waals surface area contributed by atoms with Gasteiger partial charge in [0.15, 0.2) is 11.5 Å². The second-order valence-corrected chi connectivity index (χ2v) is 7.02. The number of aromatic nitrogens is 2. The van der Waals surface area contributed by atoms with Crippen molar-refractivity contribution in [1.82, 2.24) is 20.6 Å². The summed E-state index contributed by atoms with van der Waals surface area (Å²) < 4.78 is 10.7. The van der Waals surface area contributed by atoms with Crippen LogP contribution in [0.15, 0.2) is 67.3 Å². The van der Waals surface area contributed by atoms with Gasteiger partial charge >= 0.3 is 0 Å². The monoisotopic (exact) mass is 420 g/mol. The number of nitrogens with zero attached hydrogens (tertiary/aromatic N) is 2. The fraction of sp³-hybridized carbons (Fsp3) is 0.292. The summed E-state index contributed by atoms with van der Waals surface area (Å²) >= 11 is 0. The second-order valence-electron chi connectivity index (χ2n) is 7.02. The van der Waals surface area contributed by atoms with Crippen molar-refractivity contribution >= 4 is 5.91 Å². The predicted molar refractivity (Wildman–Crippen MR) is 119 cm³/mol. The van der Waals surface area contributed by atoms with Gasteiger partial charge in [-0.15, -0.1) is 0 Å². The second kappa shape index (κ2) is 11.7. The summed E-state index contributed by atoms with van der Waals surface area (Å²) in [4.78, 5) is 21.3. The van der Waals surface area contributed by atoms with Crippen LogP contribution in [-0.4, -0.2) is 43.2 Å². The molecule has 0 spiro atoms. The molecule has 162 valence electrons. The molecule has 1 unspecified atom stereocenters. The van der Waals surface area contributed by atoms with Crippen molar-refractivity contribution in [3.05, 3.63) is 83.9 Å². The van der Waals surface area contributed by atoms with Crippen LogP contribution in [0.2, 0.25) is 0 Å². The van der Waals surface area contributed by atoms with Crippen molar-refractivity contribution in [3.63, 3.8) is 0 Å². The number of amides is 1. The van der Waals surface area contributed by atoms with Gasteiger partial charge in [0.25, 0.3) is 0 Å². The summed E-state index contributed by atoms with van der Waals surface area (Å²) in [6, 6.07) is 12.8. The average Bonchev–Trinajstić information content (AvgIpc) is 2.82. The minimum absolute atomic E-state index is 0.0951. The van der Waals surface area contributed by atoms with Crippen LogP contribution in [0.5, 0.6) is 11.5 Å². The maximum absolute atomic E-state index is 13.1. The van der Waals surface area contributed by atoms with Crippen LogP contribution in [0.25, 0.3) is 0 Å². The van der Waals surface area contributed by atoms with Gasteiger partial charge in [-0.25, -0.2) is 0 Å². The number of ether oxygens (including phenoxy) is 2. The van der Waals surface area contributed by atoms with E-state index in [2.05, 4.69) is 20.6 Å². The number of rotatable bonds is 11. The molecule has 7 nitrogen and oxygen atoms in total. The van der Waals surface area contributed by atoms with E-state index in [9.17, 15) is 4.79 Å². The summed E-state index contributed by atoms with van der Waals surface area (Å²) in [5.41, 5.74) is 3.00. The lowest BCUT2D eigenvalue weighted by Gasteiger charge is -2.20. The van der Waals surface area contributed by atoms with E-state index < -0.39 is 6.04 Å². The van der Waals surface area contributed by atoms with E-state index in [1.165, 1.54) is 0 Å². The van der Waals surface area contributed by atoms with Gasteiger partial charge < -0.3 is 20.1 Å². The molecule has 0 bridgehead atoms. The molecule has 0 saturated heterocycles. The van der Waals surface area contributed by atoms with Gasteiger partial charge in [0, 0.05) is 37.9 Å². The minimum Gasteiger partial charge on any atom is -0.493 e. The third-order valence-electron chi connectivity index (χ3n) is 4.92. The number of carbonyl (C=O) groups excluding carboxylic acids is 1. The van der Waals surface area contributed by atoms with Crippen molar-refractivity contribution in [3.8, 4) is 11.5 Å². The van der Waals surface area contributed by atoms with Crippen molar-refractivity contribution in [2.24, 2.45) is 0 Å². The lowest BCUT2D eigenvalue weighted by molar-refractivity contribution is -0.123. The van der Waals surface area contributed by atoms with Gasteiger partial charge in [-0.3, -0.25) is 14.8 Å². The quantitative estimate of drug-likeness (QED) is 0.496. The molecule has 1 amide bonds. The zero-order valence-electron chi connectivity index (χ0n) is 17.9. The van der Waals surface area contributed by atoms with Gasteiger partial charge in [-0.2, -0.15) is 0 Å². The molecule has 0 saturated carbocycles. The van der Waals surface area contributed by atoms with Crippen LogP contribution in [0.4, 0.5) is 0 Å². The van der Waals surface area contributed by atoms with Crippen LogP contribution in [-0.2, 0) is 17.6 Å². The number of pyridine rings is 2. The highest BCUT2D eigenvalue weighted by Gasteiger charge is 2.21. The van der Waals surface area contributed by atoms with E-state index >= 15 is 0 Å². The van der Waals surface area contributed by atoms with Crippen LogP contribution < -0.4 is 20.1 Å². The smallest absolute Gasteiger partial charge is 0.241 e. The Balaban J connectivity index is 1.69. The van der Waals surface area contributed by atoms with Gasteiger partial charge in [0.05, 0.1) is 14.2 Å². The molecule has 0 aliphatic carbocycles. The predicted octanol–water partition coefficient (Wildman–Crippen LogP) is 2.73. The Morgan fingerprint density at radius 3 is 2.13 bits per heavy atom. The van der Waals surface area contributed by atoms with Crippen LogP contribution in [0.3, 0.4) is 0 Å². The molecule has 2 N–H and O–H groups in total. The van der Waals surface area contributed by atoms with E-state index in [0.717, 1.165) is 23.1 Å². The number of nitrogens with one attached hydrogen (secondary N) is 2. The highest BCUT2D eigenvalue weighted by Crippen LogP contribution is 2.30. The van der Waals surface area contributed by atoms with Gasteiger partial charge in [-0.05, 0) is 53.8 Å². The molecule has 2 aromatic heterocycles. The molecule has 3 rings (SSSR count). The Hall–Kier alpha value is -3.45. The van der Waals surface area contributed by atoms with Crippen molar-refractivity contribution < 1.29 is 14.3 Å². The zero-order valence-corrected chi connectivity index (χ0v) is 17.9. The molecule has 2 heterocycles. The van der Waals surface area contributed by atoms with Crippen molar-refractivity contribution in [2.75, 3.05) is 27.3 Å². The van der Waals surface area contributed by atoms with Crippen LogP contribution in [0, 0.1) is 0 Å². The van der Waals surface area contributed by atoms with E-state index in [1.54, 1.807) is 26.6 Å². The molecule has 0 aliphatic heterocycles. The summed E-state index contributed by atoms with van der Waals surface area (Å²) in [5.74, 6) is 1.11. The van der Waals surface area contributed by atoms with E-state index in [0.29, 0.717) is 31.0 Å². The molecular formula is C24H28N4O3. The molecular weight excluding hydrogens is 392 g/mol. The average molecular weight is 421 g/mol. The van der Waals surface area contributed by atoms with Gasteiger partial charge in [0.2, 0.25) is 5.91 Å². The fourth-order valence-electron chi connectivity index (χ4n) is 3.28. The van der Waals surface area contributed by atoms with Crippen molar-refractivity contribution in [2.45, 2.75) is 18.9 Å². The molecule has 7 heteroatoms. The van der Waals surface area contributed by atoms with Crippen LogP contribution >= 0.6 is 0 Å². The first-order valence-electron chi connectivity index (χ1n) is 10.2. The largest absolute Gasteiger partial charge is 0.493 e. The normalized spacial score (nSPS) is 11.5. The number of benzene rings is 1. The summed E-state index contributed by atoms with van der Waals surface area (Å²) in [6.07, 6.45) is 8.61. The Kier molecular flexibility index (Phi) is 8.37. The summed E-state index contributed by atoms with van der Waals surface area (Å²) in [5, 5.41) is 6.40. The Bertz CT molecular complexity index is 952. The minimum atomic E-state index is -0.523. The summed E-state index contributed by atoms with van der Waals surface area (Å²) in [6.45, 7) is 1.15. The highest BCUT2D eigenvalue weighted by atomic mass is 16.5. The molecule has 0 radical (unpaired) electrons. The molecule has 0 fully saturated rings. The third-order valence-corrected chi connectivity index (χ3v) is 4.92. The standard InChI is InChI=1S/C24H28N4O3/c1-30-21-8-7-20(15-22(21)31-2)23(27-13-9-18-5-3-11-25-16-18)24(29)28-14-10-19-6-4-12-26-17-19/h3-8,11-12,15-17,23,27H,9-10,13-14H2,1-2H3,(H,28,29). The first-order valence-corrected chi connectivity index (χ1v) is 10.2. The maximum atomic E-state index is 13.1. The molecule has 0 aliphatic rings. The lowest BCUT2D eigenvalue weighted by atomic mass is 10.0. The fourth-order valence-corrected chi connectivity index (χ4v) is 3.28. The maximum Gasteiger partial charge on any atom is 0.241 e. The highest BCUT2D eigenvalue weighted by molar-refractivity contribution is 5.83. The van der Waals surface area contributed by atoms with E-state index in [-0.39, 0.29) is 5.91 Å². The number of hydrogen-bond acceptors (Lipinski definition) is 6. The molecule has 31 heavy (non-hydrogen) atoms. The molecule has 1 atom stereocenters. The summed E-state index contributed by atoms with van der Waals surface area (Å²) in [7, 11) is 3.17. The zero-order chi connectivity index (χ0) is 21.9. The Morgan fingerprint density at radius 1 is 0.903 bits per heavy atom. The Morgan fingerprint density at radius 2 is 1.55 bits per heavy atom. The Labute approximate surface area is 182 Å². The van der Waals surface area contributed by atoms with E-state index in [4.69, 9.17) is 9.47 Å². The van der Waals surface area contributed by atoms with E-state index in [1.807, 2.05) is 54.9 Å². The van der Waals surface area contributed by atoms with Crippen molar-refractivity contribution in [1.29, 1.82) is 0 Å². The van der Waals surface area contributed by atoms with Gasteiger partial charge in [0.1, 0.15) is 6.04 Å². The first kappa shape index (κ1) is 22.2. The van der Waals surface area contributed by atoms with Crippen LogP contribution in [0.1, 0.15) is 22.7 Å². The number of hydrogen-bond donors (Lipinski definition) is 2. The lowest BCUT2D eigenvalue weighted by Crippen LogP contribution is -2.39.